The third kappa shape index (κ3) is 1.46. The van der Waals surface area contributed by atoms with Gasteiger partial charge >= 0.3 is 0 Å². The first-order valence-corrected chi connectivity index (χ1v) is 5.55. The summed E-state index contributed by atoms with van der Waals surface area (Å²) in [7, 11) is 0. The Morgan fingerprint density at radius 3 is 2.62 bits per heavy atom. The molecule has 0 bridgehead atoms. The summed E-state index contributed by atoms with van der Waals surface area (Å²) in [5.74, 6) is 0.723. The molecule has 1 N–H and O–H groups in total. The van der Waals surface area contributed by atoms with Crippen LogP contribution < -0.4 is 4.90 Å². The Balaban J connectivity index is 2.13. The second-order valence-electron chi connectivity index (χ2n) is 4.06. The molecule has 0 atom stereocenters. The molecule has 1 aromatic heterocycles. The van der Waals surface area contributed by atoms with Crippen LogP contribution in [0, 0.1) is 0 Å². The van der Waals surface area contributed by atoms with Crippen LogP contribution in [0.1, 0.15) is 12.8 Å². The maximum atomic E-state index is 9.83. The molecule has 0 unspecified atom stereocenters. The Morgan fingerprint density at radius 2 is 1.81 bits per heavy atom. The fourth-order valence-corrected chi connectivity index (χ4v) is 2.11. The van der Waals surface area contributed by atoms with Crippen LogP contribution in [-0.4, -0.2) is 28.2 Å². The Bertz CT molecular complexity index is 521. The molecule has 82 valence electrons. The molecule has 1 fully saturated rings. The van der Waals surface area contributed by atoms with E-state index in [1.54, 1.807) is 0 Å². The van der Waals surface area contributed by atoms with Gasteiger partial charge in [-0.05, 0) is 25.0 Å². The third-order valence-electron chi connectivity index (χ3n) is 2.96. The smallest absolute Gasteiger partial charge is 0.229 e. The van der Waals surface area contributed by atoms with Crippen LogP contribution in [-0.2, 0) is 0 Å². The first-order chi connectivity index (χ1) is 7.84. The third-order valence-corrected chi connectivity index (χ3v) is 2.96. The molecule has 4 heteroatoms. The molecule has 1 aliphatic rings. The number of rotatable bonds is 1. The van der Waals surface area contributed by atoms with Crippen molar-refractivity contribution in [2.75, 3.05) is 18.0 Å². The quantitative estimate of drug-likeness (QED) is 0.789. The lowest BCUT2D eigenvalue weighted by molar-refractivity contribution is 0.459. The van der Waals surface area contributed by atoms with Gasteiger partial charge in [0.25, 0.3) is 0 Å². The Morgan fingerprint density at radius 1 is 1.06 bits per heavy atom. The number of aromatic hydroxyl groups is 1. The van der Waals surface area contributed by atoms with Gasteiger partial charge in [-0.2, -0.15) is 4.98 Å². The number of benzene rings is 1. The highest BCUT2D eigenvalue weighted by atomic mass is 16.3. The van der Waals surface area contributed by atoms with Crippen LogP contribution in [0.5, 0.6) is 5.88 Å². The zero-order valence-corrected chi connectivity index (χ0v) is 8.93. The van der Waals surface area contributed by atoms with E-state index in [2.05, 4.69) is 14.9 Å². The van der Waals surface area contributed by atoms with Crippen LogP contribution in [0.15, 0.2) is 24.3 Å². The fraction of sp³-hybridized carbons (Fsp3) is 0.333. The molecule has 2 aromatic rings. The summed E-state index contributed by atoms with van der Waals surface area (Å²) in [6, 6.07) is 7.53. The Hall–Kier alpha value is -1.84. The predicted molar refractivity (Wildman–Crippen MR) is 62.6 cm³/mol. The van der Waals surface area contributed by atoms with Crippen molar-refractivity contribution in [3.63, 3.8) is 0 Å². The first-order valence-electron chi connectivity index (χ1n) is 5.55. The molecule has 0 spiro atoms. The highest BCUT2D eigenvalue weighted by molar-refractivity contribution is 5.84. The lowest BCUT2D eigenvalue weighted by Gasteiger charge is -2.15. The van der Waals surface area contributed by atoms with E-state index in [1.165, 1.54) is 12.8 Å². The summed E-state index contributed by atoms with van der Waals surface area (Å²) in [4.78, 5) is 10.7. The maximum absolute atomic E-state index is 9.83. The van der Waals surface area contributed by atoms with E-state index < -0.39 is 0 Å². The molecule has 1 aromatic carbocycles. The van der Waals surface area contributed by atoms with Gasteiger partial charge in [0.1, 0.15) is 0 Å². The van der Waals surface area contributed by atoms with Crippen molar-refractivity contribution in [3.8, 4) is 5.88 Å². The second-order valence-corrected chi connectivity index (χ2v) is 4.06. The van der Waals surface area contributed by atoms with E-state index >= 15 is 0 Å². The first kappa shape index (κ1) is 9.39. The summed E-state index contributed by atoms with van der Waals surface area (Å²) >= 11 is 0. The summed E-state index contributed by atoms with van der Waals surface area (Å²) in [6.07, 6.45) is 2.36. The Labute approximate surface area is 93.6 Å². The highest BCUT2D eigenvalue weighted by Gasteiger charge is 2.16. The average Bonchev–Trinajstić information content (AvgIpc) is 2.82. The summed E-state index contributed by atoms with van der Waals surface area (Å²) in [5, 5.41) is 10.5. The van der Waals surface area contributed by atoms with Crippen molar-refractivity contribution < 1.29 is 5.11 Å². The van der Waals surface area contributed by atoms with Crippen molar-refractivity contribution in [1.82, 2.24) is 9.97 Å². The zero-order valence-electron chi connectivity index (χ0n) is 8.93. The molecule has 0 saturated carbocycles. The van der Waals surface area contributed by atoms with Crippen LogP contribution >= 0.6 is 0 Å². The largest absolute Gasteiger partial charge is 0.493 e. The summed E-state index contributed by atoms with van der Waals surface area (Å²) in [5.41, 5.74) is 0.803. The molecule has 2 heterocycles. The zero-order chi connectivity index (χ0) is 11.0. The Kier molecular flexibility index (Phi) is 2.13. The molecule has 0 radical (unpaired) electrons. The number of para-hydroxylation sites is 1. The van der Waals surface area contributed by atoms with Crippen LogP contribution in [0.3, 0.4) is 0 Å². The number of aromatic nitrogens is 2. The highest BCUT2D eigenvalue weighted by Crippen LogP contribution is 2.25. The fourth-order valence-electron chi connectivity index (χ4n) is 2.11. The number of hydrogen-bond donors (Lipinski definition) is 1. The van der Waals surface area contributed by atoms with E-state index in [0.717, 1.165) is 18.6 Å². The van der Waals surface area contributed by atoms with Gasteiger partial charge in [0, 0.05) is 13.1 Å². The van der Waals surface area contributed by atoms with E-state index in [4.69, 9.17) is 0 Å². The van der Waals surface area contributed by atoms with Crippen molar-refractivity contribution in [3.05, 3.63) is 24.3 Å². The number of anilines is 1. The van der Waals surface area contributed by atoms with Crippen molar-refractivity contribution in [1.29, 1.82) is 0 Å². The molecular formula is C12H13N3O. The van der Waals surface area contributed by atoms with Gasteiger partial charge in [-0.3, -0.25) is 0 Å². The summed E-state index contributed by atoms with van der Waals surface area (Å²) in [6.45, 7) is 1.97. The van der Waals surface area contributed by atoms with E-state index in [-0.39, 0.29) is 5.88 Å². The van der Waals surface area contributed by atoms with Gasteiger partial charge in [-0.15, -0.1) is 0 Å². The average molecular weight is 215 g/mol. The molecular weight excluding hydrogens is 202 g/mol. The van der Waals surface area contributed by atoms with Gasteiger partial charge in [-0.25, -0.2) is 4.98 Å². The predicted octanol–water partition coefficient (Wildman–Crippen LogP) is 1.94. The molecule has 0 aliphatic carbocycles. The van der Waals surface area contributed by atoms with E-state index in [1.807, 2.05) is 24.3 Å². The van der Waals surface area contributed by atoms with Gasteiger partial charge in [0.2, 0.25) is 11.8 Å². The topological polar surface area (TPSA) is 49.3 Å². The van der Waals surface area contributed by atoms with E-state index in [0.29, 0.717) is 11.3 Å². The minimum atomic E-state index is 0.0764. The number of hydrogen-bond acceptors (Lipinski definition) is 4. The van der Waals surface area contributed by atoms with E-state index in [9.17, 15) is 5.11 Å². The van der Waals surface area contributed by atoms with Gasteiger partial charge in [0.05, 0.1) is 10.9 Å². The van der Waals surface area contributed by atoms with Crippen molar-refractivity contribution in [2.24, 2.45) is 0 Å². The normalized spacial score (nSPS) is 15.9. The molecule has 4 nitrogen and oxygen atoms in total. The molecule has 0 amide bonds. The minimum absolute atomic E-state index is 0.0764. The van der Waals surface area contributed by atoms with Crippen molar-refractivity contribution in [2.45, 2.75) is 12.8 Å². The molecule has 1 saturated heterocycles. The maximum Gasteiger partial charge on any atom is 0.229 e. The van der Waals surface area contributed by atoms with Gasteiger partial charge in [-0.1, -0.05) is 12.1 Å². The van der Waals surface area contributed by atoms with Gasteiger partial charge in [0.15, 0.2) is 0 Å². The van der Waals surface area contributed by atoms with Gasteiger partial charge < -0.3 is 10.0 Å². The molecule has 16 heavy (non-hydrogen) atoms. The summed E-state index contributed by atoms with van der Waals surface area (Å²) < 4.78 is 0. The monoisotopic (exact) mass is 215 g/mol. The SMILES string of the molecule is Oc1nc(N2CCCC2)nc2ccccc12. The second kappa shape index (κ2) is 3.63. The lowest BCUT2D eigenvalue weighted by atomic mass is 10.2. The molecule has 3 rings (SSSR count). The number of nitrogens with zero attached hydrogens (tertiary/aromatic N) is 3. The minimum Gasteiger partial charge on any atom is -0.493 e. The van der Waals surface area contributed by atoms with Crippen molar-refractivity contribution >= 4 is 16.9 Å². The standard InChI is InChI=1S/C12H13N3O/c16-11-9-5-1-2-6-10(9)13-12(14-11)15-7-3-4-8-15/h1-2,5-6H,3-4,7-8H2,(H,13,14,16). The van der Waals surface area contributed by atoms with Crippen LogP contribution in [0.25, 0.3) is 10.9 Å². The lowest BCUT2D eigenvalue weighted by Crippen LogP contribution is -2.20. The number of fused-ring (bicyclic) bond motifs is 1. The molecule has 1 aliphatic heterocycles. The van der Waals surface area contributed by atoms with Crippen LogP contribution in [0.4, 0.5) is 5.95 Å². The van der Waals surface area contributed by atoms with Crippen LogP contribution in [0.2, 0.25) is 0 Å².